The number of hydrogen-bond acceptors (Lipinski definition) is 10. The van der Waals surface area contributed by atoms with Gasteiger partial charge in [-0.2, -0.15) is 14.6 Å². The predicted molar refractivity (Wildman–Crippen MR) is 117 cm³/mol. The molecular weight excluding hydrogens is 467 g/mol. The third kappa shape index (κ3) is 5.10. The van der Waals surface area contributed by atoms with Crippen molar-refractivity contribution in [3.05, 3.63) is 36.2 Å². The molecule has 0 amide bonds. The lowest BCUT2D eigenvalue weighted by molar-refractivity contribution is -0.139. The first-order chi connectivity index (χ1) is 16.2. The molecule has 0 saturated carbocycles. The van der Waals surface area contributed by atoms with E-state index in [-0.39, 0.29) is 48.5 Å². The summed E-state index contributed by atoms with van der Waals surface area (Å²) in [7, 11) is -3.90. The largest absolute Gasteiger partial charge is 0.470 e. The number of rotatable bonds is 6. The van der Waals surface area contributed by atoms with Gasteiger partial charge in [-0.1, -0.05) is 6.07 Å². The zero-order valence-electron chi connectivity index (χ0n) is 18.5. The molecule has 0 aliphatic carbocycles. The second-order valence-corrected chi connectivity index (χ2v) is 10.3. The van der Waals surface area contributed by atoms with E-state index in [1.807, 2.05) is 6.07 Å². The molecule has 4 rings (SSSR count). The molecule has 13 heteroatoms. The fourth-order valence-electron chi connectivity index (χ4n) is 3.85. The van der Waals surface area contributed by atoms with Crippen molar-refractivity contribution in [2.45, 2.75) is 48.7 Å². The molecule has 34 heavy (non-hydrogen) atoms. The number of alkyl halides is 1. The minimum atomic E-state index is -3.90. The number of nitrogens with zero attached hydrogens (tertiary/aromatic N) is 5. The molecule has 0 radical (unpaired) electrons. The molecule has 4 heterocycles. The van der Waals surface area contributed by atoms with Crippen LogP contribution < -0.4 is 10.1 Å². The molecular formula is C21H25FN6O5S. The van der Waals surface area contributed by atoms with E-state index in [0.717, 1.165) is 4.31 Å². The molecule has 2 aromatic rings. The Hall–Kier alpha value is -2.92. The van der Waals surface area contributed by atoms with Crippen molar-refractivity contribution in [3.8, 4) is 11.9 Å². The fraction of sp³-hybridized carbons (Fsp3) is 0.524. The molecule has 2 aliphatic rings. The minimum absolute atomic E-state index is 0.0299. The monoisotopic (exact) mass is 492 g/mol. The minimum Gasteiger partial charge on any atom is -0.470 e. The van der Waals surface area contributed by atoms with Gasteiger partial charge in [-0.25, -0.2) is 22.8 Å². The summed E-state index contributed by atoms with van der Waals surface area (Å²) in [6.45, 7) is 1.79. The van der Waals surface area contributed by atoms with E-state index >= 15 is 0 Å². The Morgan fingerprint density at radius 3 is 2.88 bits per heavy atom. The average Bonchev–Trinajstić information content (AvgIpc) is 2.82. The van der Waals surface area contributed by atoms with Gasteiger partial charge < -0.3 is 19.9 Å². The van der Waals surface area contributed by atoms with Gasteiger partial charge in [0.15, 0.2) is 5.03 Å². The number of nitriles is 1. The van der Waals surface area contributed by atoms with Crippen molar-refractivity contribution in [2.75, 3.05) is 31.6 Å². The molecule has 0 bridgehead atoms. The van der Waals surface area contributed by atoms with E-state index in [2.05, 4.69) is 20.3 Å². The second kappa shape index (κ2) is 9.75. The first kappa shape index (κ1) is 24.2. The molecule has 2 N–H and O–H groups in total. The van der Waals surface area contributed by atoms with Crippen LogP contribution in [-0.4, -0.2) is 83.0 Å². The second-order valence-electron chi connectivity index (χ2n) is 8.42. The number of aliphatic hydroxyl groups is 1. The van der Waals surface area contributed by atoms with Gasteiger partial charge in [-0.15, -0.1) is 0 Å². The Balaban J connectivity index is 1.45. The summed E-state index contributed by atoms with van der Waals surface area (Å²) in [6.07, 6.45) is 1.02. The van der Waals surface area contributed by atoms with Gasteiger partial charge in [-0.05, 0) is 25.5 Å². The van der Waals surface area contributed by atoms with Gasteiger partial charge in [0.25, 0.3) is 10.0 Å². The van der Waals surface area contributed by atoms with Gasteiger partial charge in [0, 0.05) is 25.7 Å². The van der Waals surface area contributed by atoms with Crippen molar-refractivity contribution in [3.63, 3.8) is 0 Å². The maximum absolute atomic E-state index is 15.0. The highest BCUT2D eigenvalue weighted by Crippen LogP contribution is 2.27. The third-order valence-corrected chi connectivity index (χ3v) is 7.58. The SMILES string of the molecule is C[C@]1(O)COCC[C@H]1Oc1nc(N[C@H]2CCN(S(=O)(=O)c3ccccn3)C[C@H]2F)ncc1C#N. The molecule has 2 aromatic heterocycles. The highest BCUT2D eigenvalue weighted by molar-refractivity contribution is 7.89. The number of aromatic nitrogens is 3. The zero-order valence-corrected chi connectivity index (χ0v) is 19.3. The fourth-order valence-corrected chi connectivity index (χ4v) is 5.25. The van der Waals surface area contributed by atoms with Gasteiger partial charge in [-0.3, -0.25) is 0 Å². The number of anilines is 1. The van der Waals surface area contributed by atoms with E-state index in [1.54, 1.807) is 19.1 Å². The van der Waals surface area contributed by atoms with Crippen LogP contribution in [0, 0.1) is 11.3 Å². The van der Waals surface area contributed by atoms with Crippen molar-refractivity contribution < 1.29 is 27.4 Å². The summed E-state index contributed by atoms with van der Waals surface area (Å²) >= 11 is 0. The van der Waals surface area contributed by atoms with E-state index < -0.39 is 33.9 Å². The molecule has 2 aliphatic heterocycles. The Morgan fingerprint density at radius 2 is 2.21 bits per heavy atom. The maximum Gasteiger partial charge on any atom is 0.260 e. The van der Waals surface area contributed by atoms with Gasteiger partial charge in [0.2, 0.25) is 11.8 Å². The molecule has 4 atom stereocenters. The van der Waals surface area contributed by atoms with E-state index in [4.69, 9.17) is 9.47 Å². The van der Waals surface area contributed by atoms with Crippen LogP contribution >= 0.6 is 0 Å². The predicted octanol–water partition coefficient (Wildman–Crippen LogP) is 0.875. The summed E-state index contributed by atoms with van der Waals surface area (Å²) in [6, 6.07) is 5.73. The molecule has 0 spiro atoms. The summed E-state index contributed by atoms with van der Waals surface area (Å²) in [5, 5.41) is 22.6. The van der Waals surface area contributed by atoms with Crippen LogP contribution in [0.2, 0.25) is 0 Å². The molecule has 0 aromatic carbocycles. The Bertz CT molecular complexity index is 1160. The first-order valence-electron chi connectivity index (χ1n) is 10.8. The third-order valence-electron chi connectivity index (χ3n) is 5.80. The lowest BCUT2D eigenvalue weighted by Gasteiger charge is -2.36. The summed E-state index contributed by atoms with van der Waals surface area (Å²) in [5.74, 6) is 0.00661. The summed E-state index contributed by atoms with van der Waals surface area (Å²) < 4.78 is 52.6. The van der Waals surface area contributed by atoms with Crippen LogP contribution in [0.3, 0.4) is 0 Å². The van der Waals surface area contributed by atoms with Crippen LogP contribution in [0.5, 0.6) is 5.88 Å². The molecule has 2 saturated heterocycles. The molecule has 11 nitrogen and oxygen atoms in total. The quantitative estimate of drug-likeness (QED) is 0.594. The highest BCUT2D eigenvalue weighted by atomic mass is 32.2. The van der Waals surface area contributed by atoms with Gasteiger partial charge in [0.05, 0.1) is 25.5 Å². The first-order valence-corrected chi connectivity index (χ1v) is 12.2. The maximum atomic E-state index is 15.0. The Morgan fingerprint density at radius 1 is 1.38 bits per heavy atom. The number of sulfonamides is 1. The number of piperidine rings is 1. The van der Waals surface area contributed by atoms with E-state index in [0.29, 0.717) is 13.0 Å². The van der Waals surface area contributed by atoms with Crippen LogP contribution in [0.25, 0.3) is 0 Å². The lowest BCUT2D eigenvalue weighted by atomic mass is 9.95. The van der Waals surface area contributed by atoms with Crippen molar-refractivity contribution in [2.24, 2.45) is 0 Å². The van der Waals surface area contributed by atoms with Crippen LogP contribution in [0.4, 0.5) is 10.3 Å². The summed E-state index contributed by atoms with van der Waals surface area (Å²) in [5.41, 5.74) is -1.19. The molecule has 182 valence electrons. The van der Waals surface area contributed by atoms with Crippen molar-refractivity contribution >= 4 is 16.0 Å². The van der Waals surface area contributed by atoms with Gasteiger partial charge in [0.1, 0.15) is 29.5 Å². The number of hydrogen-bond donors (Lipinski definition) is 2. The van der Waals surface area contributed by atoms with E-state index in [1.165, 1.54) is 18.5 Å². The van der Waals surface area contributed by atoms with Crippen molar-refractivity contribution in [1.82, 2.24) is 19.3 Å². The van der Waals surface area contributed by atoms with Gasteiger partial charge >= 0.3 is 0 Å². The number of ether oxygens (including phenoxy) is 2. The van der Waals surface area contributed by atoms with Crippen LogP contribution in [-0.2, 0) is 14.8 Å². The zero-order chi connectivity index (χ0) is 24.3. The smallest absolute Gasteiger partial charge is 0.260 e. The molecule has 2 fully saturated rings. The molecule has 0 unspecified atom stereocenters. The number of halogens is 1. The number of pyridine rings is 1. The topological polar surface area (TPSA) is 151 Å². The Kier molecular flexibility index (Phi) is 6.94. The highest BCUT2D eigenvalue weighted by Gasteiger charge is 2.39. The van der Waals surface area contributed by atoms with Crippen LogP contribution in [0.1, 0.15) is 25.3 Å². The standard InChI is InChI=1S/C21H25FN6O5S/c1-21(29)13-32-9-6-17(21)33-19-14(10-23)11-25-20(27-19)26-16-5-8-28(12-15(16)22)34(30,31)18-4-2-3-7-24-18/h2-4,7,11,15-17,29H,5-6,8-9,12-13H2,1H3,(H,25,26,27)/t15-,16+,17-,21+/m1/s1. The average molecular weight is 493 g/mol. The Labute approximate surface area is 196 Å². The van der Waals surface area contributed by atoms with E-state index in [9.17, 15) is 23.2 Å². The summed E-state index contributed by atoms with van der Waals surface area (Å²) in [4.78, 5) is 12.2. The van der Waals surface area contributed by atoms with Crippen LogP contribution in [0.15, 0.2) is 35.6 Å². The lowest BCUT2D eigenvalue weighted by Crippen LogP contribution is -2.51. The van der Waals surface area contributed by atoms with Crippen molar-refractivity contribution in [1.29, 1.82) is 5.26 Å². The number of nitrogens with one attached hydrogen (secondary N) is 1. The normalized spacial score (nSPS) is 28.1.